The molecule has 1 aromatic carbocycles. The molecule has 0 spiro atoms. The van der Waals surface area contributed by atoms with Crippen LogP contribution in [0, 0.1) is 0 Å². The topological polar surface area (TPSA) is 21.7 Å². The minimum Gasteiger partial charge on any atom is -0.466 e. The summed E-state index contributed by atoms with van der Waals surface area (Å²) < 4.78 is 12.7. The van der Waals surface area contributed by atoms with Gasteiger partial charge in [-0.05, 0) is 54.0 Å². The largest absolute Gasteiger partial charge is 0.466 e. The van der Waals surface area contributed by atoms with Gasteiger partial charge in [-0.15, -0.1) is 0 Å². The number of rotatable bonds is 5. The van der Waals surface area contributed by atoms with Crippen molar-refractivity contribution in [2.45, 2.75) is 19.4 Å². The van der Waals surface area contributed by atoms with Gasteiger partial charge in [0.25, 0.3) is 0 Å². The van der Waals surface area contributed by atoms with Crippen molar-refractivity contribution in [3.8, 4) is 5.75 Å². The van der Waals surface area contributed by atoms with Crippen molar-refractivity contribution in [2.24, 2.45) is 0 Å². The van der Waals surface area contributed by atoms with E-state index in [0.717, 1.165) is 21.2 Å². The minimum atomic E-state index is 0.271. The smallest absolute Gasteiger partial charge is 0.188 e. The molecule has 18 heavy (non-hydrogen) atoms. The van der Waals surface area contributed by atoms with Crippen molar-refractivity contribution in [3.63, 3.8) is 0 Å². The van der Waals surface area contributed by atoms with Crippen LogP contribution in [-0.4, -0.2) is 31.9 Å². The normalized spacial score (nSPS) is 16.2. The third kappa shape index (κ3) is 3.70. The zero-order chi connectivity index (χ0) is 13.0. The molecule has 0 bridgehead atoms. The van der Waals surface area contributed by atoms with Crippen LogP contribution in [0.2, 0.25) is 0 Å². The van der Waals surface area contributed by atoms with Crippen LogP contribution >= 0.6 is 31.9 Å². The number of methoxy groups -OCH3 is 1. The molecule has 0 N–H and O–H groups in total. The fraction of sp³-hybridized carbons (Fsp3) is 0.538. The van der Waals surface area contributed by atoms with Gasteiger partial charge in [-0.1, -0.05) is 15.9 Å². The Morgan fingerprint density at radius 2 is 1.94 bits per heavy atom. The molecule has 1 fully saturated rings. The van der Waals surface area contributed by atoms with E-state index in [1.165, 1.54) is 31.5 Å². The highest BCUT2D eigenvalue weighted by Crippen LogP contribution is 2.34. The maximum atomic E-state index is 5.67. The van der Waals surface area contributed by atoms with E-state index < -0.39 is 0 Å². The van der Waals surface area contributed by atoms with E-state index in [2.05, 4.69) is 42.8 Å². The van der Waals surface area contributed by atoms with Crippen molar-refractivity contribution in [1.82, 2.24) is 4.90 Å². The summed E-state index contributed by atoms with van der Waals surface area (Å²) in [7, 11) is 1.63. The average molecular weight is 379 g/mol. The highest BCUT2D eigenvalue weighted by molar-refractivity contribution is 9.11. The molecule has 0 atom stereocenters. The molecular formula is C13H17Br2NO2. The molecule has 0 saturated carbocycles. The Balaban J connectivity index is 2.18. The molecule has 5 heteroatoms. The molecule has 1 saturated heterocycles. The highest BCUT2D eigenvalue weighted by atomic mass is 79.9. The zero-order valence-corrected chi connectivity index (χ0v) is 13.6. The molecule has 1 aliphatic heterocycles. The number of hydrogen-bond donors (Lipinski definition) is 0. The second-order valence-corrected chi connectivity index (χ2v) is 6.18. The summed E-state index contributed by atoms with van der Waals surface area (Å²) in [5.41, 5.74) is 1.19. The number of likely N-dealkylation sites (tertiary alicyclic amines) is 1. The lowest BCUT2D eigenvalue weighted by atomic mass is 10.2. The van der Waals surface area contributed by atoms with Gasteiger partial charge in [-0.2, -0.15) is 0 Å². The molecule has 1 aliphatic rings. The second kappa shape index (κ2) is 6.89. The Bertz CT molecular complexity index is 406. The standard InChI is InChI=1S/C13H17Br2NO2/c1-17-9-18-13-10(6-11(14)7-12(13)15)8-16-4-2-3-5-16/h6-7H,2-5,8-9H2,1H3. The van der Waals surface area contributed by atoms with Crippen LogP contribution in [0.3, 0.4) is 0 Å². The number of hydrogen-bond acceptors (Lipinski definition) is 3. The van der Waals surface area contributed by atoms with E-state index in [1.807, 2.05) is 6.07 Å². The van der Waals surface area contributed by atoms with Gasteiger partial charge in [0.15, 0.2) is 6.79 Å². The Hall–Kier alpha value is -0.100. The molecule has 0 aromatic heterocycles. The molecule has 3 nitrogen and oxygen atoms in total. The highest BCUT2D eigenvalue weighted by Gasteiger charge is 2.16. The van der Waals surface area contributed by atoms with E-state index in [9.17, 15) is 0 Å². The summed E-state index contributed by atoms with van der Waals surface area (Å²) >= 11 is 7.08. The quantitative estimate of drug-likeness (QED) is 0.727. The van der Waals surface area contributed by atoms with E-state index in [0.29, 0.717) is 0 Å². The van der Waals surface area contributed by atoms with Crippen LogP contribution in [0.4, 0.5) is 0 Å². The van der Waals surface area contributed by atoms with Gasteiger partial charge < -0.3 is 9.47 Å². The lowest BCUT2D eigenvalue weighted by Gasteiger charge is -2.19. The first-order valence-corrected chi connectivity index (χ1v) is 7.61. The summed E-state index contributed by atoms with van der Waals surface area (Å²) in [5.74, 6) is 0.881. The molecule has 1 heterocycles. The van der Waals surface area contributed by atoms with E-state index in [4.69, 9.17) is 9.47 Å². The van der Waals surface area contributed by atoms with Crippen LogP contribution in [0.1, 0.15) is 18.4 Å². The second-order valence-electron chi connectivity index (χ2n) is 4.41. The van der Waals surface area contributed by atoms with E-state index in [-0.39, 0.29) is 6.79 Å². The van der Waals surface area contributed by atoms with Gasteiger partial charge in [0.05, 0.1) is 4.47 Å². The third-order valence-corrected chi connectivity index (χ3v) is 4.05. The Morgan fingerprint density at radius 1 is 1.22 bits per heavy atom. The summed E-state index contributed by atoms with van der Waals surface area (Å²) in [6, 6.07) is 4.12. The van der Waals surface area contributed by atoms with Crippen LogP contribution in [0.25, 0.3) is 0 Å². The summed E-state index contributed by atoms with van der Waals surface area (Å²) in [6.07, 6.45) is 2.59. The van der Waals surface area contributed by atoms with Gasteiger partial charge in [0.2, 0.25) is 0 Å². The molecule has 2 rings (SSSR count). The van der Waals surface area contributed by atoms with Crippen molar-refractivity contribution in [3.05, 3.63) is 26.6 Å². The zero-order valence-electron chi connectivity index (χ0n) is 10.4. The predicted molar refractivity (Wildman–Crippen MR) is 78.9 cm³/mol. The van der Waals surface area contributed by atoms with Gasteiger partial charge in [-0.25, -0.2) is 0 Å². The molecule has 0 unspecified atom stereocenters. The Morgan fingerprint density at radius 3 is 2.61 bits per heavy atom. The maximum absolute atomic E-state index is 5.67. The number of ether oxygens (including phenoxy) is 2. The molecule has 0 amide bonds. The Labute approximate surface area is 125 Å². The molecule has 0 radical (unpaired) electrons. The van der Waals surface area contributed by atoms with Gasteiger partial charge in [0.1, 0.15) is 5.75 Å². The van der Waals surface area contributed by atoms with Crippen molar-refractivity contribution >= 4 is 31.9 Å². The average Bonchev–Trinajstić information content (AvgIpc) is 2.80. The Kier molecular flexibility index (Phi) is 5.48. The van der Waals surface area contributed by atoms with Crippen LogP contribution < -0.4 is 4.74 Å². The number of benzene rings is 1. The van der Waals surface area contributed by atoms with Crippen molar-refractivity contribution in [1.29, 1.82) is 0 Å². The first-order chi connectivity index (χ1) is 8.70. The first kappa shape index (κ1) is 14.3. The van der Waals surface area contributed by atoms with E-state index in [1.54, 1.807) is 7.11 Å². The van der Waals surface area contributed by atoms with Gasteiger partial charge >= 0.3 is 0 Å². The SMILES string of the molecule is COCOc1c(Br)cc(Br)cc1CN1CCCC1. The fourth-order valence-corrected chi connectivity index (χ4v) is 3.62. The maximum Gasteiger partial charge on any atom is 0.188 e. The minimum absolute atomic E-state index is 0.271. The fourth-order valence-electron chi connectivity index (χ4n) is 2.19. The first-order valence-electron chi connectivity index (χ1n) is 6.02. The summed E-state index contributed by atoms with van der Waals surface area (Å²) in [5, 5.41) is 0. The van der Waals surface area contributed by atoms with Crippen molar-refractivity contribution in [2.75, 3.05) is 27.0 Å². The van der Waals surface area contributed by atoms with E-state index >= 15 is 0 Å². The number of halogens is 2. The van der Waals surface area contributed by atoms with Gasteiger partial charge in [-0.3, -0.25) is 4.90 Å². The molecule has 100 valence electrons. The van der Waals surface area contributed by atoms with Crippen molar-refractivity contribution < 1.29 is 9.47 Å². The lowest BCUT2D eigenvalue weighted by Crippen LogP contribution is -2.19. The molecule has 1 aromatic rings. The summed E-state index contributed by atoms with van der Waals surface area (Å²) in [6.45, 7) is 3.55. The predicted octanol–water partition coefficient (Wildman–Crippen LogP) is 3.79. The molecule has 0 aliphatic carbocycles. The molecular weight excluding hydrogens is 362 g/mol. The van der Waals surface area contributed by atoms with Crippen LogP contribution in [-0.2, 0) is 11.3 Å². The van der Waals surface area contributed by atoms with Gasteiger partial charge in [0, 0.05) is 23.7 Å². The number of nitrogens with zero attached hydrogens (tertiary/aromatic N) is 1. The third-order valence-electron chi connectivity index (χ3n) is 3.00. The summed E-state index contributed by atoms with van der Waals surface area (Å²) in [4.78, 5) is 2.45. The monoisotopic (exact) mass is 377 g/mol. The van der Waals surface area contributed by atoms with Crippen LogP contribution in [0.15, 0.2) is 21.1 Å². The van der Waals surface area contributed by atoms with Crippen LogP contribution in [0.5, 0.6) is 5.75 Å². The lowest BCUT2D eigenvalue weighted by molar-refractivity contribution is 0.0493.